The number of benzene rings is 3. The highest BCUT2D eigenvalue weighted by atomic mass is 35.5. The highest BCUT2D eigenvalue weighted by Crippen LogP contribution is 2.46. The van der Waals surface area contributed by atoms with E-state index in [1.165, 1.54) is 44.7 Å². The fourth-order valence-corrected chi connectivity index (χ4v) is 5.75. The molecule has 0 aliphatic carbocycles. The van der Waals surface area contributed by atoms with Gasteiger partial charge in [0.15, 0.2) is 0 Å². The van der Waals surface area contributed by atoms with Gasteiger partial charge in [0.2, 0.25) is 5.91 Å². The molecule has 0 saturated heterocycles. The molecule has 200 valence electrons. The van der Waals surface area contributed by atoms with Gasteiger partial charge in [-0.3, -0.25) is 4.79 Å². The number of amides is 1. The zero-order valence-electron chi connectivity index (χ0n) is 21.7. The lowest BCUT2D eigenvalue weighted by molar-refractivity contribution is -0.764. The molecule has 9 nitrogen and oxygen atoms in total. The third-order valence-electron chi connectivity index (χ3n) is 6.38. The Morgan fingerprint density at radius 1 is 1.05 bits per heavy atom. The molecule has 1 aliphatic heterocycles. The second kappa shape index (κ2) is 11.0. The number of rotatable bonds is 7. The van der Waals surface area contributed by atoms with Crippen LogP contribution in [0.1, 0.15) is 24.2 Å². The van der Waals surface area contributed by atoms with Crippen molar-refractivity contribution in [3.63, 3.8) is 0 Å². The minimum atomic E-state index is -0.918. The number of fused-ring (bicyclic) bond motifs is 3. The SMILES string of the molecule is COc1cc(OC)c(C2N(C(C)=O)c3ccccc3-c3c([O-])nc(SCc4ccccc4Cl)n[n+]32)c(OC)c1. The zero-order valence-corrected chi connectivity index (χ0v) is 23.2. The molecule has 1 aromatic heterocycles. The molecule has 4 aromatic rings. The van der Waals surface area contributed by atoms with Crippen LogP contribution < -0.4 is 28.9 Å². The minimum absolute atomic E-state index is 0.239. The van der Waals surface area contributed by atoms with Crippen LogP contribution in [0.2, 0.25) is 5.02 Å². The molecule has 0 spiro atoms. The van der Waals surface area contributed by atoms with Crippen molar-refractivity contribution in [3.05, 3.63) is 76.8 Å². The Morgan fingerprint density at radius 2 is 1.72 bits per heavy atom. The maximum absolute atomic E-state index is 13.6. The van der Waals surface area contributed by atoms with E-state index < -0.39 is 12.0 Å². The number of para-hydroxylation sites is 1. The van der Waals surface area contributed by atoms with Crippen LogP contribution in [-0.2, 0) is 10.5 Å². The number of hydrogen-bond donors (Lipinski definition) is 0. The van der Waals surface area contributed by atoms with Gasteiger partial charge < -0.3 is 19.3 Å². The molecule has 0 saturated carbocycles. The Morgan fingerprint density at radius 3 is 2.36 bits per heavy atom. The molecule has 3 aromatic carbocycles. The first-order chi connectivity index (χ1) is 18.9. The van der Waals surface area contributed by atoms with Crippen LogP contribution in [0.15, 0.2) is 65.8 Å². The van der Waals surface area contributed by atoms with E-state index in [-0.39, 0.29) is 16.8 Å². The number of methoxy groups -OCH3 is 3. The summed E-state index contributed by atoms with van der Waals surface area (Å²) in [5.74, 6) is 1.02. The highest BCUT2D eigenvalue weighted by molar-refractivity contribution is 7.98. The molecule has 0 radical (unpaired) electrons. The van der Waals surface area contributed by atoms with Crippen LogP contribution in [0, 0.1) is 0 Å². The number of ether oxygens (including phenoxy) is 3. The predicted molar refractivity (Wildman–Crippen MR) is 146 cm³/mol. The van der Waals surface area contributed by atoms with Gasteiger partial charge in [0.05, 0.1) is 38.5 Å². The molecule has 39 heavy (non-hydrogen) atoms. The number of halogens is 1. The lowest BCUT2D eigenvalue weighted by Crippen LogP contribution is -2.59. The van der Waals surface area contributed by atoms with Crippen molar-refractivity contribution in [1.29, 1.82) is 0 Å². The van der Waals surface area contributed by atoms with Crippen molar-refractivity contribution in [1.82, 2.24) is 10.1 Å². The summed E-state index contributed by atoms with van der Waals surface area (Å²) >= 11 is 7.61. The van der Waals surface area contributed by atoms with Crippen molar-refractivity contribution in [2.24, 2.45) is 0 Å². The van der Waals surface area contributed by atoms with Gasteiger partial charge in [0.25, 0.3) is 17.0 Å². The van der Waals surface area contributed by atoms with Gasteiger partial charge in [0.1, 0.15) is 22.8 Å². The van der Waals surface area contributed by atoms with Crippen LogP contribution in [0.25, 0.3) is 11.3 Å². The van der Waals surface area contributed by atoms with Crippen LogP contribution in [-0.4, -0.2) is 37.3 Å². The monoisotopic (exact) mass is 564 g/mol. The molecule has 5 rings (SSSR count). The predicted octanol–water partition coefficient (Wildman–Crippen LogP) is 4.39. The summed E-state index contributed by atoms with van der Waals surface area (Å²) in [6, 6.07) is 18.0. The van der Waals surface area contributed by atoms with Gasteiger partial charge >= 0.3 is 0 Å². The molecular weight excluding hydrogens is 540 g/mol. The average Bonchev–Trinajstić information content (AvgIpc) is 2.94. The number of hydrogen-bond acceptors (Lipinski definition) is 8. The van der Waals surface area contributed by atoms with Crippen molar-refractivity contribution >= 4 is 35.0 Å². The van der Waals surface area contributed by atoms with E-state index in [2.05, 4.69) is 4.98 Å². The number of nitrogens with zero attached hydrogens (tertiary/aromatic N) is 4. The number of carbonyl (C=O) groups is 1. The number of anilines is 1. The first-order valence-electron chi connectivity index (χ1n) is 11.9. The molecule has 11 heteroatoms. The number of carbonyl (C=O) groups excluding carboxylic acids is 1. The molecule has 0 fully saturated rings. The topological polar surface area (TPSA) is 101 Å². The first-order valence-corrected chi connectivity index (χ1v) is 13.3. The average molecular weight is 565 g/mol. The standard InChI is InChI=1S/C28H25ClN4O5S/c1-16(34)32-21-12-8-6-10-19(21)25-26(35)30-28(39-15-17-9-5-7-11-20(17)29)31-33(25)27(32)24-22(37-3)13-18(36-2)14-23(24)38-4/h5-14,27H,15H2,1-4H3. The smallest absolute Gasteiger partial charge is 0.300 e. The Balaban J connectivity index is 1.75. The number of thioether (sulfide) groups is 1. The van der Waals surface area contributed by atoms with Gasteiger partial charge in [-0.2, -0.15) is 0 Å². The maximum Gasteiger partial charge on any atom is 0.300 e. The third-order valence-corrected chi connectivity index (χ3v) is 7.64. The van der Waals surface area contributed by atoms with Gasteiger partial charge in [-0.15, -0.1) is 0 Å². The molecule has 1 amide bonds. The zero-order chi connectivity index (χ0) is 27.7. The van der Waals surface area contributed by atoms with Gasteiger partial charge in [-0.05, 0) is 23.8 Å². The fraction of sp³-hybridized carbons (Fsp3) is 0.214. The lowest BCUT2D eigenvalue weighted by Gasteiger charge is -2.33. The summed E-state index contributed by atoms with van der Waals surface area (Å²) in [6.07, 6.45) is -0.918. The molecule has 1 unspecified atom stereocenters. The van der Waals surface area contributed by atoms with Gasteiger partial charge in [-0.25, -0.2) is 9.88 Å². The lowest BCUT2D eigenvalue weighted by atomic mass is 10.00. The molecule has 1 aliphatic rings. The highest BCUT2D eigenvalue weighted by Gasteiger charge is 2.47. The van der Waals surface area contributed by atoms with E-state index in [0.29, 0.717) is 44.8 Å². The third kappa shape index (κ3) is 4.81. The summed E-state index contributed by atoms with van der Waals surface area (Å²) in [4.78, 5) is 19.1. The van der Waals surface area contributed by atoms with Gasteiger partial charge in [-0.1, -0.05) is 58.4 Å². The van der Waals surface area contributed by atoms with E-state index in [1.54, 1.807) is 41.3 Å². The van der Waals surface area contributed by atoms with Crippen LogP contribution in [0.4, 0.5) is 5.69 Å². The quantitative estimate of drug-likeness (QED) is 0.241. The molecular formula is C28H25ClN4O5S. The van der Waals surface area contributed by atoms with E-state index in [9.17, 15) is 9.90 Å². The number of aromatic nitrogens is 3. The summed E-state index contributed by atoms with van der Waals surface area (Å²) in [5, 5.41) is 19.2. The molecule has 1 atom stereocenters. The van der Waals surface area contributed by atoms with Crippen LogP contribution in [0.5, 0.6) is 23.1 Å². The second-order valence-electron chi connectivity index (χ2n) is 8.60. The normalized spacial score (nSPS) is 13.9. The Kier molecular flexibility index (Phi) is 7.49. The van der Waals surface area contributed by atoms with Crippen LogP contribution >= 0.6 is 23.4 Å². The molecule has 0 bridgehead atoms. The van der Waals surface area contributed by atoms with E-state index >= 15 is 0 Å². The summed E-state index contributed by atoms with van der Waals surface area (Å²) < 4.78 is 18.4. The molecule has 2 heterocycles. The Hall–Kier alpha value is -4.02. The van der Waals surface area contributed by atoms with Crippen molar-refractivity contribution in [2.45, 2.75) is 24.0 Å². The maximum atomic E-state index is 13.6. The summed E-state index contributed by atoms with van der Waals surface area (Å²) in [5.41, 5.74) is 2.72. The van der Waals surface area contributed by atoms with Crippen molar-refractivity contribution in [3.8, 4) is 34.4 Å². The second-order valence-corrected chi connectivity index (χ2v) is 9.95. The molecule has 0 N–H and O–H groups in total. The minimum Gasteiger partial charge on any atom is -0.854 e. The van der Waals surface area contributed by atoms with Crippen molar-refractivity contribution in [2.75, 3.05) is 26.2 Å². The van der Waals surface area contributed by atoms with E-state index in [4.69, 9.17) is 30.9 Å². The first kappa shape index (κ1) is 26.6. The van der Waals surface area contributed by atoms with E-state index in [1.807, 2.05) is 24.3 Å². The largest absolute Gasteiger partial charge is 0.854 e. The Bertz CT molecular complexity index is 1540. The summed E-state index contributed by atoms with van der Waals surface area (Å²) in [7, 11) is 4.57. The summed E-state index contributed by atoms with van der Waals surface area (Å²) in [6.45, 7) is 1.46. The Labute approximate surface area is 234 Å². The van der Waals surface area contributed by atoms with Crippen LogP contribution in [0.3, 0.4) is 0 Å². The fourth-order valence-electron chi connectivity index (χ4n) is 4.64. The van der Waals surface area contributed by atoms with Crippen molar-refractivity contribution < 1.29 is 28.8 Å². The van der Waals surface area contributed by atoms with Gasteiger partial charge in [0, 0.05) is 34.9 Å². The van der Waals surface area contributed by atoms with E-state index in [0.717, 1.165) is 5.56 Å².